The Balaban J connectivity index is 1.55. The van der Waals surface area contributed by atoms with Crippen LogP contribution in [0.1, 0.15) is 60.9 Å². The molecule has 44 heavy (non-hydrogen) atoms. The summed E-state index contributed by atoms with van der Waals surface area (Å²) in [5.74, 6) is -1.22. The molecule has 1 heterocycles. The van der Waals surface area contributed by atoms with Gasteiger partial charge in [-0.3, -0.25) is 9.69 Å². The highest BCUT2D eigenvalue weighted by Gasteiger charge is 2.38. The zero-order valence-corrected chi connectivity index (χ0v) is 25.0. The van der Waals surface area contributed by atoms with Crippen molar-refractivity contribution in [1.29, 1.82) is 0 Å². The lowest BCUT2D eigenvalue weighted by molar-refractivity contribution is -0.139. The Bertz CT molecular complexity index is 1580. The molecule has 3 amide bonds. The highest BCUT2D eigenvalue weighted by Crippen LogP contribution is 2.37. The van der Waals surface area contributed by atoms with Gasteiger partial charge in [0, 0.05) is 12.2 Å². The van der Waals surface area contributed by atoms with E-state index < -0.39 is 17.9 Å². The van der Waals surface area contributed by atoms with Crippen LogP contribution in [-0.2, 0) is 14.3 Å². The van der Waals surface area contributed by atoms with E-state index in [1.54, 1.807) is 24.0 Å². The summed E-state index contributed by atoms with van der Waals surface area (Å²) in [4.78, 5) is 42.7. The average Bonchev–Trinajstić information content (AvgIpc) is 3.05. The molecule has 7 nitrogen and oxygen atoms in total. The molecule has 0 unspecified atom stereocenters. The van der Waals surface area contributed by atoms with Crippen molar-refractivity contribution in [2.75, 3.05) is 18.5 Å². The zero-order valence-electron chi connectivity index (χ0n) is 25.0. The Morgan fingerprint density at radius 2 is 1.45 bits per heavy atom. The molecule has 1 atom stereocenters. The monoisotopic (exact) mass is 587 g/mol. The highest BCUT2D eigenvalue weighted by molar-refractivity contribution is 6.05. The molecule has 0 bridgehead atoms. The first-order valence-corrected chi connectivity index (χ1v) is 15.1. The van der Waals surface area contributed by atoms with Crippen LogP contribution in [0.25, 0.3) is 5.70 Å². The number of hydrogen-bond donors (Lipinski definition) is 2. The normalized spacial score (nSPS) is 14.8. The van der Waals surface area contributed by atoms with Crippen LogP contribution in [0.5, 0.6) is 0 Å². The molecule has 0 radical (unpaired) electrons. The van der Waals surface area contributed by atoms with Crippen LogP contribution in [-0.4, -0.2) is 36.0 Å². The number of amides is 3. The minimum atomic E-state index is -0.787. The maximum atomic E-state index is 13.8. The number of carbonyl (C=O) groups is 3. The number of rotatable bonds is 11. The molecule has 0 saturated carbocycles. The van der Waals surface area contributed by atoms with Crippen LogP contribution in [0.3, 0.4) is 0 Å². The zero-order chi connectivity index (χ0) is 30.9. The number of unbranched alkanes of at least 4 members (excludes halogenated alkanes) is 1. The van der Waals surface area contributed by atoms with Gasteiger partial charge in [-0.1, -0.05) is 116 Å². The van der Waals surface area contributed by atoms with Gasteiger partial charge >= 0.3 is 12.0 Å². The van der Waals surface area contributed by atoms with Crippen molar-refractivity contribution in [2.24, 2.45) is 0 Å². The Morgan fingerprint density at radius 3 is 2.05 bits per heavy atom. The average molecular weight is 588 g/mol. The Hall–Kier alpha value is -5.17. The predicted octanol–water partition coefficient (Wildman–Crippen LogP) is 7.30. The van der Waals surface area contributed by atoms with Crippen molar-refractivity contribution in [3.63, 3.8) is 0 Å². The van der Waals surface area contributed by atoms with Crippen LogP contribution in [0.15, 0.2) is 121 Å². The number of carbonyl (C=O) groups excluding carboxylic acids is 3. The Morgan fingerprint density at radius 1 is 0.841 bits per heavy atom. The number of hydrogen-bond acceptors (Lipinski definition) is 4. The summed E-state index contributed by atoms with van der Waals surface area (Å²) < 4.78 is 5.55. The molecule has 1 aliphatic rings. The fourth-order valence-corrected chi connectivity index (χ4v) is 5.56. The molecular formula is C37H37N3O4. The quantitative estimate of drug-likeness (QED) is 0.180. The fourth-order valence-electron chi connectivity index (χ4n) is 5.56. The number of benzene rings is 4. The highest BCUT2D eigenvalue weighted by atomic mass is 16.5. The minimum Gasteiger partial charge on any atom is -0.463 e. The first kappa shape index (κ1) is 30.3. The molecule has 0 fully saturated rings. The minimum absolute atomic E-state index is 0.191. The van der Waals surface area contributed by atoms with Crippen molar-refractivity contribution in [1.82, 2.24) is 10.2 Å². The number of anilines is 1. The van der Waals surface area contributed by atoms with Gasteiger partial charge in [0.15, 0.2) is 0 Å². The van der Waals surface area contributed by atoms with E-state index in [0.717, 1.165) is 29.5 Å². The maximum Gasteiger partial charge on any atom is 0.338 e. The first-order chi connectivity index (χ1) is 21.5. The van der Waals surface area contributed by atoms with E-state index in [1.807, 2.05) is 103 Å². The number of ether oxygens (including phenoxy) is 1. The second kappa shape index (κ2) is 14.3. The van der Waals surface area contributed by atoms with E-state index in [2.05, 4.69) is 17.6 Å². The summed E-state index contributed by atoms with van der Waals surface area (Å²) in [6, 6.07) is 34.9. The van der Waals surface area contributed by atoms with Gasteiger partial charge in [-0.05, 0) is 47.7 Å². The Kier molecular flexibility index (Phi) is 9.87. The van der Waals surface area contributed by atoms with E-state index in [9.17, 15) is 14.4 Å². The second-order valence-electron chi connectivity index (χ2n) is 10.6. The summed E-state index contributed by atoms with van der Waals surface area (Å²) in [7, 11) is 0. The SMILES string of the molecule is CCCCN1C(=O)N[C@@H](c2cccc(NC(=O)C(c3ccccc3)c3ccccc3)c2)C(C(=O)OCC)=C1c1ccccc1. The van der Waals surface area contributed by atoms with E-state index in [4.69, 9.17) is 4.74 Å². The van der Waals surface area contributed by atoms with Crippen molar-refractivity contribution < 1.29 is 19.1 Å². The van der Waals surface area contributed by atoms with Gasteiger partial charge in [0.1, 0.15) is 0 Å². The van der Waals surface area contributed by atoms with Crippen LogP contribution < -0.4 is 10.6 Å². The molecule has 224 valence electrons. The number of nitrogens with one attached hydrogen (secondary N) is 2. The van der Waals surface area contributed by atoms with Crippen LogP contribution in [0.4, 0.5) is 10.5 Å². The van der Waals surface area contributed by atoms with Gasteiger partial charge in [-0.15, -0.1) is 0 Å². The van der Waals surface area contributed by atoms with Gasteiger partial charge < -0.3 is 15.4 Å². The van der Waals surface area contributed by atoms with Gasteiger partial charge in [-0.2, -0.15) is 0 Å². The van der Waals surface area contributed by atoms with Gasteiger partial charge in [0.2, 0.25) is 5.91 Å². The van der Waals surface area contributed by atoms with Crippen molar-refractivity contribution in [3.8, 4) is 0 Å². The van der Waals surface area contributed by atoms with Crippen LogP contribution >= 0.6 is 0 Å². The molecule has 0 saturated heterocycles. The molecule has 7 heteroatoms. The summed E-state index contributed by atoms with van der Waals surface area (Å²) >= 11 is 0. The number of urea groups is 1. The maximum absolute atomic E-state index is 13.8. The summed E-state index contributed by atoms with van der Waals surface area (Å²) in [5.41, 5.74) is 4.59. The van der Waals surface area contributed by atoms with Crippen LogP contribution in [0, 0.1) is 0 Å². The summed E-state index contributed by atoms with van der Waals surface area (Å²) in [6.07, 6.45) is 1.66. The van der Waals surface area contributed by atoms with Gasteiger partial charge in [0.25, 0.3) is 0 Å². The molecule has 4 aromatic carbocycles. The molecule has 1 aliphatic heterocycles. The second-order valence-corrected chi connectivity index (χ2v) is 10.6. The Labute approximate surface area is 258 Å². The largest absolute Gasteiger partial charge is 0.463 e. The third kappa shape index (κ3) is 6.73. The topological polar surface area (TPSA) is 87.7 Å². The lowest BCUT2D eigenvalue weighted by Gasteiger charge is -2.37. The van der Waals surface area contributed by atoms with E-state index in [1.165, 1.54) is 0 Å². The standard InChI is InChI=1S/C37H37N3O4/c1-3-5-24-40-34(28-20-13-8-14-21-28)32(36(42)44-4-2)33(39-37(40)43)29-22-15-23-30(25-29)38-35(41)31(26-16-9-6-10-17-26)27-18-11-7-12-19-27/h6-23,25,31,33H,3-5,24H2,1-2H3,(H,38,41)(H,39,43)/t33-/m0/s1. The van der Waals surface area contributed by atoms with Crippen molar-refractivity contribution in [3.05, 3.63) is 143 Å². The van der Waals surface area contributed by atoms with E-state index >= 15 is 0 Å². The molecule has 2 N–H and O–H groups in total. The summed E-state index contributed by atoms with van der Waals surface area (Å²) in [6.45, 7) is 4.47. The van der Waals surface area contributed by atoms with Gasteiger partial charge in [0.05, 0.1) is 29.8 Å². The molecule has 4 aromatic rings. The number of nitrogens with zero attached hydrogens (tertiary/aromatic N) is 1. The van der Waals surface area contributed by atoms with Crippen molar-refractivity contribution in [2.45, 2.75) is 38.6 Å². The van der Waals surface area contributed by atoms with E-state index in [-0.39, 0.29) is 18.5 Å². The fraction of sp³-hybridized carbons (Fsp3) is 0.216. The van der Waals surface area contributed by atoms with Crippen molar-refractivity contribution >= 4 is 29.3 Å². The third-order valence-electron chi connectivity index (χ3n) is 7.62. The lowest BCUT2D eigenvalue weighted by Crippen LogP contribution is -2.48. The van der Waals surface area contributed by atoms with Crippen LogP contribution in [0.2, 0.25) is 0 Å². The molecular weight excluding hydrogens is 550 g/mol. The summed E-state index contributed by atoms with van der Waals surface area (Å²) in [5, 5.41) is 6.14. The smallest absolute Gasteiger partial charge is 0.338 e. The molecule has 5 rings (SSSR count). The molecule has 0 aromatic heterocycles. The predicted molar refractivity (Wildman–Crippen MR) is 173 cm³/mol. The number of esters is 1. The molecule has 0 aliphatic carbocycles. The van der Waals surface area contributed by atoms with Gasteiger partial charge in [-0.25, -0.2) is 9.59 Å². The molecule has 0 spiro atoms. The third-order valence-corrected chi connectivity index (χ3v) is 7.62. The first-order valence-electron chi connectivity index (χ1n) is 15.1. The van der Waals surface area contributed by atoms with E-state index in [0.29, 0.717) is 29.1 Å². The lowest BCUT2D eigenvalue weighted by atomic mass is 9.90.